The van der Waals surface area contributed by atoms with Crippen LogP contribution in [0.3, 0.4) is 0 Å². The summed E-state index contributed by atoms with van der Waals surface area (Å²) < 4.78 is 13.5. The minimum atomic E-state index is -0.873. The third-order valence-corrected chi connectivity index (χ3v) is 4.14. The molecule has 2 aromatic carbocycles. The van der Waals surface area contributed by atoms with Gasteiger partial charge in [-0.1, -0.05) is 35.3 Å². The van der Waals surface area contributed by atoms with E-state index in [2.05, 4.69) is 5.32 Å². The van der Waals surface area contributed by atoms with E-state index in [0.717, 1.165) is 5.56 Å². The molecule has 0 saturated heterocycles. The van der Waals surface area contributed by atoms with Gasteiger partial charge < -0.3 is 10.4 Å². The molecule has 0 saturated carbocycles. The van der Waals surface area contributed by atoms with E-state index >= 15 is 0 Å². The predicted molar refractivity (Wildman–Crippen MR) is 85.7 cm³/mol. The van der Waals surface area contributed by atoms with Gasteiger partial charge >= 0.3 is 0 Å². The molecule has 2 N–H and O–H groups in total. The molecule has 0 aliphatic heterocycles. The quantitative estimate of drug-likeness (QED) is 0.848. The molecule has 0 aromatic heterocycles. The normalized spacial score (nSPS) is 13.8. The van der Waals surface area contributed by atoms with Crippen molar-refractivity contribution in [3.05, 3.63) is 63.4 Å². The second-order valence-corrected chi connectivity index (χ2v) is 6.02. The zero-order chi connectivity index (χ0) is 15.6. The number of rotatable bonds is 4. The highest BCUT2D eigenvalue weighted by Crippen LogP contribution is 2.35. The van der Waals surface area contributed by atoms with Crippen molar-refractivity contribution in [1.29, 1.82) is 0 Å². The molecule has 0 bridgehead atoms. The Hall–Kier alpha value is -1.29. The van der Waals surface area contributed by atoms with Gasteiger partial charge in [0.2, 0.25) is 0 Å². The molecule has 0 heterocycles. The summed E-state index contributed by atoms with van der Waals surface area (Å²) in [4.78, 5) is 0. The Morgan fingerprint density at radius 1 is 1.24 bits per heavy atom. The number of hydrogen-bond donors (Lipinski definition) is 2. The highest BCUT2D eigenvalue weighted by molar-refractivity contribution is 6.42. The number of hydrogen-bond acceptors (Lipinski definition) is 2. The van der Waals surface area contributed by atoms with Gasteiger partial charge in [0, 0.05) is 5.69 Å². The van der Waals surface area contributed by atoms with Crippen molar-refractivity contribution in [2.45, 2.75) is 19.4 Å². The fourth-order valence-corrected chi connectivity index (χ4v) is 2.76. The SMILES string of the molecule is Cc1cc(F)cc(NC(C)(CO)c2cccc(Cl)c2Cl)c1. The van der Waals surface area contributed by atoms with Crippen molar-refractivity contribution >= 4 is 28.9 Å². The van der Waals surface area contributed by atoms with Crippen LogP contribution in [-0.4, -0.2) is 11.7 Å². The molecule has 1 unspecified atom stereocenters. The van der Waals surface area contributed by atoms with Crippen LogP contribution in [-0.2, 0) is 5.54 Å². The average Bonchev–Trinajstić information content (AvgIpc) is 2.40. The molecule has 1 atom stereocenters. The van der Waals surface area contributed by atoms with Gasteiger partial charge in [-0.05, 0) is 49.2 Å². The lowest BCUT2D eigenvalue weighted by Gasteiger charge is -2.31. The van der Waals surface area contributed by atoms with Crippen molar-refractivity contribution in [2.75, 3.05) is 11.9 Å². The van der Waals surface area contributed by atoms with E-state index in [1.54, 1.807) is 38.1 Å². The van der Waals surface area contributed by atoms with Crippen molar-refractivity contribution in [3.63, 3.8) is 0 Å². The molecule has 112 valence electrons. The topological polar surface area (TPSA) is 32.3 Å². The Balaban J connectivity index is 2.43. The molecule has 0 radical (unpaired) electrons. The Morgan fingerprint density at radius 3 is 2.57 bits per heavy atom. The molecule has 0 fully saturated rings. The number of aliphatic hydroxyl groups excluding tert-OH is 1. The lowest BCUT2D eigenvalue weighted by molar-refractivity contribution is 0.224. The van der Waals surface area contributed by atoms with Crippen LogP contribution in [0.25, 0.3) is 0 Å². The number of aryl methyl sites for hydroxylation is 1. The van der Waals surface area contributed by atoms with E-state index in [0.29, 0.717) is 21.3 Å². The summed E-state index contributed by atoms with van der Waals surface area (Å²) in [6.45, 7) is 3.37. The molecule has 2 nitrogen and oxygen atoms in total. The first-order valence-electron chi connectivity index (χ1n) is 6.46. The molecule has 21 heavy (non-hydrogen) atoms. The fraction of sp³-hybridized carbons (Fsp3) is 0.250. The number of nitrogens with one attached hydrogen (secondary N) is 1. The largest absolute Gasteiger partial charge is 0.394 e. The molecule has 0 spiro atoms. The van der Waals surface area contributed by atoms with Gasteiger partial charge in [-0.25, -0.2) is 4.39 Å². The first-order chi connectivity index (χ1) is 9.85. The van der Waals surface area contributed by atoms with Crippen LogP contribution >= 0.6 is 23.2 Å². The first kappa shape index (κ1) is 16.1. The van der Waals surface area contributed by atoms with Crippen LogP contribution in [0.2, 0.25) is 10.0 Å². The Kier molecular flexibility index (Phi) is 4.77. The Labute approximate surface area is 133 Å². The maximum absolute atomic E-state index is 13.5. The second kappa shape index (κ2) is 6.22. The highest BCUT2D eigenvalue weighted by atomic mass is 35.5. The van der Waals surface area contributed by atoms with E-state index in [1.165, 1.54) is 12.1 Å². The predicted octanol–water partition coefficient (Wildman–Crippen LogP) is 4.76. The number of anilines is 1. The van der Waals surface area contributed by atoms with E-state index in [9.17, 15) is 9.50 Å². The fourth-order valence-electron chi connectivity index (χ4n) is 2.25. The Bertz CT molecular complexity index is 642. The minimum absolute atomic E-state index is 0.220. The van der Waals surface area contributed by atoms with Gasteiger partial charge in [-0.3, -0.25) is 0 Å². The molecule has 5 heteroatoms. The van der Waals surface area contributed by atoms with Gasteiger partial charge in [-0.15, -0.1) is 0 Å². The standard InChI is InChI=1S/C16H16Cl2FNO/c1-10-6-11(19)8-12(7-10)20-16(2,9-21)13-4-3-5-14(17)15(13)18/h3-8,20-21H,9H2,1-2H3. The van der Waals surface area contributed by atoms with Crippen LogP contribution in [0.1, 0.15) is 18.1 Å². The maximum Gasteiger partial charge on any atom is 0.125 e. The van der Waals surface area contributed by atoms with Crippen molar-refractivity contribution in [2.24, 2.45) is 0 Å². The van der Waals surface area contributed by atoms with Crippen molar-refractivity contribution in [3.8, 4) is 0 Å². The summed E-state index contributed by atoms with van der Waals surface area (Å²) in [6, 6.07) is 9.83. The molecule has 0 aliphatic rings. The third-order valence-electron chi connectivity index (χ3n) is 3.32. The van der Waals surface area contributed by atoms with Crippen LogP contribution in [0.5, 0.6) is 0 Å². The summed E-state index contributed by atoms with van der Waals surface area (Å²) in [7, 11) is 0. The smallest absolute Gasteiger partial charge is 0.125 e. The Morgan fingerprint density at radius 2 is 1.95 bits per heavy atom. The van der Waals surface area contributed by atoms with Crippen LogP contribution in [0.4, 0.5) is 10.1 Å². The summed E-state index contributed by atoms with van der Waals surface area (Å²) >= 11 is 12.3. The number of aliphatic hydroxyl groups is 1. The monoisotopic (exact) mass is 327 g/mol. The maximum atomic E-state index is 13.5. The summed E-state index contributed by atoms with van der Waals surface area (Å²) in [5.74, 6) is -0.338. The lowest BCUT2D eigenvalue weighted by Crippen LogP contribution is -2.36. The molecule has 0 amide bonds. The van der Waals surface area contributed by atoms with E-state index < -0.39 is 5.54 Å². The summed E-state index contributed by atoms with van der Waals surface area (Å²) in [5, 5.41) is 13.7. The van der Waals surface area contributed by atoms with Gasteiger partial charge in [0.25, 0.3) is 0 Å². The highest BCUT2D eigenvalue weighted by Gasteiger charge is 2.29. The second-order valence-electron chi connectivity index (χ2n) is 5.23. The molecular weight excluding hydrogens is 312 g/mol. The zero-order valence-corrected chi connectivity index (χ0v) is 13.3. The first-order valence-corrected chi connectivity index (χ1v) is 7.22. The summed E-state index contributed by atoms with van der Waals surface area (Å²) in [5.41, 5.74) is 1.14. The van der Waals surface area contributed by atoms with Crippen LogP contribution < -0.4 is 5.32 Å². The molecule has 2 aromatic rings. The number of benzene rings is 2. The van der Waals surface area contributed by atoms with Gasteiger partial charge in [0.05, 0.1) is 22.2 Å². The van der Waals surface area contributed by atoms with Crippen molar-refractivity contribution in [1.82, 2.24) is 0 Å². The molecular formula is C16H16Cl2FNO. The van der Waals surface area contributed by atoms with E-state index in [-0.39, 0.29) is 12.4 Å². The van der Waals surface area contributed by atoms with Gasteiger partial charge in [0.1, 0.15) is 5.82 Å². The lowest BCUT2D eigenvalue weighted by atomic mass is 9.92. The summed E-state index contributed by atoms with van der Waals surface area (Å²) in [6.07, 6.45) is 0. The van der Waals surface area contributed by atoms with E-state index in [4.69, 9.17) is 23.2 Å². The molecule has 0 aliphatic carbocycles. The van der Waals surface area contributed by atoms with Crippen LogP contribution in [0, 0.1) is 12.7 Å². The third kappa shape index (κ3) is 3.49. The van der Waals surface area contributed by atoms with Crippen molar-refractivity contribution < 1.29 is 9.50 Å². The van der Waals surface area contributed by atoms with E-state index in [1.807, 2.05) is 0 Å². The average molecular weight is 328 g/mol. The van der Waals surface area contributed by atoms with Gasteiger partial charge in [-0.2, -0.15) is 0 Å². The number of halogens is 3. The van der Waals surface area contributed by atoms with Gasteiger partial charge in [0.15, 0.2) is 0 Å². The van der Waals surface area contributed by atoms with Crippen LogP contribution in [0.15, 0.2) is 36.4 Å². The minimum Gasteiger partial charge on any atom is -0.394 e. The zero-order valence-electron chi connectivity index (χ0n) is 11.8. The molecule has 2 rings (SSSR count).